The lowest BCUT2D eigenvalue weighted by Crippen LogP contribution is -2.30. The molecule has 0 aromatic heterocycles. The van der Waals surface area contributed by atoms with Crippen molar-refractivity contribution in [2.24, 2.45) is 0 Å². The highest BCUT2D eigenvalue weighted by atomic mass is 31.2. The molecule has 660 valence electrons. The maximum atomic E-state index is 13.0. The molecule has 0 saturated heterocycles. The second-order valence-electron chi connectivity index (χ2n) is 30.4. The lowest BCUT2D eigenvalue weighted by molar-refractivity contribution is -0.161. The van der Waals surface area contributed by atoms with E-state index in [1.807, 2.05) is 0 Å². The first-order chi connectivity index (χ1) is 56.2. The molecule has 115 heavy (non-hydrogen) atoms. The fourth-order valence-electron chi connectivity index (χ4n) is 12.3. The molecule has 0 heterocycles. The number of hydrogen-bond donors (Lipinski definition) is 4. The number of carbonyl (C=O) groups excluding carboxylic acids is 3. The Morgan fingerprint density at radius 3 is 0.730 bits per heavy atom. The van der Waals surface area contributed by atoms with Gasteiger partial charge in [-0.2, -0.15) is 0 Å². The molecule has 0 aliphatic heterocycles. The van der Waals surface area contributed by atoms with E-state index in [2.05, 4.69) is 179 Å². The zero-order valence-electron chi connectivity index (χ0n) is 72.7. The first-order valence-corrected chi connectivity index (χ1v) is 48.8. The summed E-state index contributed by atoms with van der Waals surface area (Å²) in [4.78, 5) is 58.9. The lowest BCUT2D eigenvalue weighted by atomic mass is 10.0. The smallest absolute Gasteiger partial charge is 0.463 e. The minimum Gasteiger partial charge on any atom is -0.463 e. The highest BCUT2D eigenvalue weighted by Crippen LogP contribution is 2.45. The third-order valence-electron chi connectivity index (χ3n) is 19.2. The molecule has 4 N–H and O–H groups in total. The van der Waals surface area contributed by atoms with Crippen LogP contribution in [0.2, 0.25) is 0 Å². The van der Waals surface area contributed by atoms with Gasteiger partial charge in [-0.15, -0.1) is 0 Å². The maximum absolute atomic E-state index is 13.0. The number of phosphoric acid groups is 2. The van der Waals surface area contributed by atoms with Gasteiger partial charge in [-0.25, -0.2) is 9.13 Å². The number of aliphatic hydroxyl groups excluding tert-OH is 2. The predicted molar refractivity (Wildman–Crippen MR) is 482 cm³/mol. The third-order valence-corrected chi connectivity index (χ3v) is 21.1. The number of esters is 3. The van der Waals surface area contributed by atoms with E-state index in [-0.39, 0.29) is 19.3 Å². The number of aliphatic hydroxyl groups is 2. The Balaban J connectivity index is 4.52. The summed E-state index contributed by atoms with van der Waals surface area (Å²) in [6.45, 7) is 2.52. The van der Waals surface area contributed by atoms with E-state index in [0.717, 1.165) is 173 Å². The summed E-state index contributed by atoms with van der Waals surface area (Å²) < 4.78 is 61.4. The topological polar surface area (TPSA) is 231 Å². The fourth-order valence-corrected chi connectivity index (χ4v) is 13.9. The normalized spacial score (nSPS) is 14.5. The average molecular weight is 1650 g/mol. The Bertz CT molecular complexity index is 2720. The van der Waals surface area contributed by atoms with Crippen molar-refractivity contribution in [3.05, 3.63) is 158 Å². The lowest BCUT2D eigenvalue weighted by Gasteiger charge is -2.21. The summed E-state index contributed by atoms with van der Waals surface area (Å²) in [6, 6.07) is 0. The Morgan fingerprint density at radius 2 is 0.461 bits per heavy atom. The van der Waals surface area contributed by atoms with Crippen molar-refractivity contribution in [2.75, 3.05) is 39.6 Å². The predicted octanol–water partition coefficient (Wildman–Crippen LogP) is 28.1. The minimum absolute atomic E-state index is 0.0823. The van der Waals surface area contributed by atoms with Crippen LogP contribution in [-0.4, -0.2) is 95.9 Å². The molecule has 0 fully saturated rings. The van der Waals surface area contributed by atoms with Crippen LogP contribution < -0.4 is 0 Å². The molecule has 0 aromatic carbocycles. The number of rotatable bonds is 86. The number of allylic oxidation sites excluding steroid dienone is 26. The minimum atomic E-state index is -4.95. The quantitative estimate of drug-likeness (QED) is 0.0146. The highest BCUT2D eigenvalue weighted by molar-refractivity contribution is 7.47. The van der Waals surface area contributed by atoms with Crippen LogP contribution in [0.15, 0.2) is 158 Å². The van der Waals surface area contributed by atoms with Crippen LogP contribution in [0, 0.1) is 0 Å². The van der Waals surface area contributed by atoms with Gasteiger partial charge < -0.3 is 34.2 Å². The Hall–Kier alpha value is -4.83. The summed E-state index contributed by atoms with van der Waals surface area (Å²) >= 11 is 0. The average Bonchev–Trinajstić information content (AvgIpc) is 0.920. The van der Waals surface area contributed by atoms with Gasteiger partial charge in [0.1, 0.15) is 25.4 Å². The van der Waals surface area contributed by atoms with Gasteiger partial charge in [0.05, 0.1) is 26.4 Å². The Labute approximate surface area is 701 Å². The molecule has 0 rings (SSSR count). The van der Waals surface area contributed by atoms with Gasteiger partial charge in [-0.05, 0) is 154 Å². The third kappa shape index (κ3) is 89.8. The van der Waals surface area contributed by atoms with E-state index in [1.54, 1.807) is 0 Å². The molecule has 5 unspecified atom stereocenters. The van der Waals surface area contributed by atoms with Crippen LogP contribution in [0.1, 0.15) is 380 Å². The monoisotopic (exact) mass is 1650 g/mol. The zero-order chi connectivity index (χ0) is 83.6. The molecule has 16 nitrogen and oxygen atoms in total. The molecule has 0 aromatic rings. The standard InChI is InChI=1S/C97H166O16P2/c1-4-7-10-13-16-19-22-25-28-31-34-36-38-40-41-42-43-44-45-46-47-48-49-51-53-54-57-59-62-65-68-71-74-77-80-83-95(100)107-86-92(98)87-109-114(103,104)110-88-93(99)89-111-115(105,106)112-91-94(113-97(102)85-82-79-76-73-70-67-64-61-56-33-30-27-24-21-18-15-12-9-6-3)90-108-96(101)84-81-78-75-72-69-66-63-60-58-55-52-50-39-37-35-32-29-26-23-20-17-14-11-8-5-2/h8,11,16-21,25-30,34-37,40-41,50,52,56,58,60-61,92-94,98-99H,4-7,9-10,12-15,22-24,31-33,38-39,42-49,51,53-55,57,59,62-91H2,1-3H3,(H,103,104)(H,105,106)/b11-8-,19-16-,20-17-,21-18-,28-25-,29-26-,30-27-,36-34-,37-35-,41-40-,52-50-,60-58-,61-56-. The molecule has 0 spiro atoms. The van der Waals surface area contributed by atoms with Gasteiger partial charge in [-0.1, -0.05) is 365 Å². The Morgan fingerprint density at radius 1 is 0.252 bits per heavy atom. The van der Waals surface area contributed by atoms with Gasteiger partial charge >= 0.3 is 33.6 Å². The number of phosphoric ester groups is 2. The fraction of sp³-hybridized carbons (Fsp3) is 0.701. The molecule has 0 aliphatic carbocycles. The molecule has 0 radical (unpaired) electrons. The van der Waals surface area contributed by atoms with Crippen molar-refractivity contribution in [1.82, 2.24) is 0 Å². The van der Waals surface area contributed by atoms with Crippen LogP contribution in [-0.2, 0) is 55.8 Å². The van der Waals surface area contributed by atoms with E-state index in [9.17, 15) is 43.5 Å². The van der Waals surface area contributed by atoms with Crippen molar-refractivity contribution < 1.29 is 75.8 Å². The van der Waals surface area contributed by atoms with Gasteiger partial charge in [-0.3, -0.25) is 32.5 Å². The first-order valence-electron chi connectivity index (χ1n) is 45.8. The molecule has 0 bridgehead atoms. The zero-order valence-corrected chi connectivity index (χ0v) is 74.5. The first kappa shape index (κ1) is 110. The van der Waals surface area contributed by atoms with Gasteiger partial charge in [0.15, 0.2) is 6.10 Å². The number of unbranched alkanes of at least 4 members (excludes halogenated alkanes) is 37. The summed E-state index contributed by atoms with van der Waals surface area (Å²) in [5.41, 5.74) is 0. The van der Waals surface area contributed by atoms with Gasteiger partial charge in [0, 0.05) is 19.3 Å². The van der Waals surface area contributed by atoms with E-state index >= 15 is 0 Å². The van der Waals surface area contributed by atoms with Crippen LogP contribution in [0.25, 0.3) is 0 Å². The van der Waals surface area contributed by atoms with Crippen molar-refractivity contribution in [1.29, 1.82) is 0 Å². The molecule has 0 saturated carbocycles. The molecule has 18 heteroatoms. The molecule has 0 aliphatic rings. The second-order valence-corrected chi connectivity index (χ2v) is 33.3. The van der Waals surface area contributed by atoms with E-state index in [4.69, 9.17) is 32.3 Å². The van der Waals surface area contributed by atoms with Crippen molar-refractivity contribution in [3.8, 4) is 0 Å². The number of hydrogen-bond acceptors (Lipinski definition) is 14. The van der Waals surface area contributed by atoms with Gasteiger partial charge in [0.2, 0.25) is 0 Å². The van der Waals surface area contributed by atoms with E-state index in [0.29, 0.717) is 19.3 Å². The molecule has 0 amide bonds. The highest BCUT2D eigenvalue weighted by Gasteiger charge is 2.29. The van der Waals surface area contributed by atoms with Crippen LogP contribution >= 0.6 is 15.6 Å². The number of ether oxygens (including phenoxy) is 3. The summed E-state index contributed by atoms with van der Waals surface area (Å²) in [7, 11) is -9.82. The SMILES string of the molecule is CC/C=C\C/C=C\C/C=C\C/C=C\C/C=C\C/C=C\CCCCCCCCC(=O)OCC(COP(=O)(O)OCC(O)COP(=O)(O)OCC(O)COC(=O)CCCCCCCCCCCCCCCCCCCCC/C=C\C/C=C\C/C=C\C/C=C\CCCCC)OC(=O)CCCCCCCC/C=C\C/C=C\C/C=C\CCCCC. The maximum Gasteiger partial charge on any atom is 0.472 e. The summed E-state index contributed by atoms with van der Waals surface area (Å²) in [6.07, 6.45) is 113. The van der Waals surface area contributed by atoms with Crippen molar-refractivity contribution in [2.45, 2.75) is 399 Å². The Kier molecular flexibility index (Phi) is 84.7. The van der Waals surface area contributed by atoms with Crippen LogP contribution in [0.5, 0.6) is 0 Å². The van der Waals surface area contributed by atoms with Crippen LogP contribution in [0.3, 0.4) is 0 Å². The van der Waals surface area contributed by atoms with E-state index in [1.165, 1.54) is 148 Å². The number of carbonyl (C=O) groups is 3. The van der Waals surface area contributed by atoms with Crippen molar-refractivity contribution in [3.63, 3.8) is 0 Å². The van der Waals surface area contributed by atoms with E-state index < -0.39 is 91.5 Å². The second kappa shape index (κ2) is 88.5. The summed E-state index contributed by atoms with van der Waals surface area (Å²) in [5, 5.41) is 20.7. The molecular weight excluding hydrogens is 1480 g/mol. The summed E-state index contributed by atoms with van der Waals surface area (Å²) in [5.74, 6) is -1.60. The van der Waals surface area contributed by atoms with Crippen molar-refractivity contribution >= 4 is 33.6 Å². The molecular formula is C97H166O16P2. The van der Waals surface area contributed by atoms with Crippen LogP contribution in [0.4, 0.5) is 0 Å². The van der Waals surface area contributed by atoms with Gasteiger partial charge in [0.25, 0.3) is 0 Å². The largest absolute Gasteiger partial charge is 0.472 e. The molecule has 5 atom stereocenters.